The van der Waals surface area contributed by atoms with E-state index < -0.39 is 75.3 Å². The Morgan fingerprint density at radius 3 is 2.65 bits per heavy atom. The van der Waals surface area contributed by atoms with E-state index in [0.29, 0.717) is 6.54 Å². The van der Waals surface area contributed by atoms with E-state index in [-0.39, 0.29) is 46.4 Å². The van der Waals surface area contributed by atoms with Crippen LogP contribution in [0.2, 0.25) is 0 Å². The quantitative estimate of drug-likeness (QED) is 0.145. The number of nitrogens with one attached hydrogen (secondary N) is 2. The van der Waals surface area contributed by atoms with Gasteiger partial charge in [0.05, 0.1) is 32.0 Å². The number of imidazole rings is 2. The summed E-state index contributed by atoms with van der Waals surface area (Å²) in [4.78, 5) is 47.3. The van der Waals surface area contributed by atoms with Crippen LogP contribution < -0.4 is 16.6 Å². The first-order valence-electron chi connectivity index (χ1n) is 14.7. The second kappa shape index (κ2) is 12.9. The average Bonchev–Trinajstić information content (AvgIpc) is 3.79. The van der Waals surface area contributed by atoms with Crippen LogP contribution in [0.15, 0.2) is 23.8 Å². The molecule has 4 aromatic rings. The highest BCUT2D eigenvalue weighted by Gasteiger charge is 2.52. The first-order valence-corrected chi connectivity index (χ1v) is 20.0. The van der Waals surface area contributed by atoms with Crippen molar-refractivity contribution in [2.24, 2.45) is 5.92 Å². The van der Waals surface area contributed by atoms with Gasteiger partial charge in [0.1, 0.15) is 36.4 Å². The maximum absolute atomic E-state index is 16.1. The van der Waals surface area contributed by atoms with Crippen LogP contribution in [0.4, 0.5) is 16.2 Å². The molecule has 3 aliphatic heterocycles. The van der Waals surface area contributed by atoms with Crippen LogP contribution in [-0.4, -0.2) is 94.3 Å². The topological polar surface area (TPSA) is 238 Å². The highest BCUT2D eigenvalue weighted by molar-refractivity contribution is 8.44. The van der Waals surface area contributed by atoms with Gasteiger partial charge in [-0.3, -0.25) is 28.0 Å². The molecule has 7 heterocycles. The number of nitrogens with zero attached hydrogens (tertiary/aromatic N) is 7. The number of rotatable bonds is 5. The minimum absolute atomic E-state index is 0.0681. The minimum Gasteiger partial charge on any atom is -0.382 e. The SMILES string of the molecule is CC(C)CNc1nc2c(ncn2[C@H]2C[C@@H]3OP(O)(=S)OC[C@H]4O[C@@H](n5cnc6c(N)ncnc65)[C@H](F)[C@@H]4OP(=O)(S)OC[C@H]3O2)c(=O)[nH]1. The predicted octanol–water partition coefficient (Wildman–Crippen LogP) is 2.20. The summed E-state index contributed by atoms with van der Waals surface area (Å²) in [6.45, 7) is -4.69. The Kier molecular flexibility index (Phi) is 9.12. The van der Waals surface area contributed by atoms with Gasteiger partial charge in [0.25, 0.3) is 5.56 Å². The number of ether oxygens (including phenoxy) is 2. The zero-order valence-corrected chi connectivity index (χ0v) is 28.7. The lowest BCUT2D eigenvalue weighted by atomic mass is 10.1. The van der Waals surface area contributed by atoms with Crippen molar-refractivity contribution in [3.05, 3.63) is 29.3 Å². The molecule has 24 heteroatoms. The number of hydrogen-bond acceptors (Lipinski definition) is 16. The highest BCUT2D eigenvalue weighted by atomic mass is 32.7. The summed E-state index contributed by atoms with van der Waals surface area (Å²) in [5, 5.41) is 3.08. The standard InChI is InChI=1S/C24H31FN10O9P2S2/c1-10(2)4-27-24-32-21-17(22(36)33-24)31-8-34(21)14-3-11-12(41-14)5-39-46(38,48)44-18-13(6-40-45(37,47)43-11)42-23(15(18)25)35-9-30-16-19(26)28-7-29-20(16)35/h7-15,18,23H,3-6H2,1-2H3,(H,37,47)(H,38,48)(H2,26,28,29)(H2,27,32,33,36)/t11-,12+,13+,14+,15+,18+,23+,45?,46?/m0/s1. The van der Waals surface area contributed by atoms with Crippen molar-refractivity contribution in [2.75, 3.05) is 30.8 Å². The van der Waals surface area contributed by atoms with Gasteiger partial charge >= 0.3 is 13.5 Å². The fourth-order valence-corrected chi connectivity index (χ4v) is 8.57. The number of fused-ring (bicyclic) bond motifs is 4. The maximum atomic E-state index is 16.1. The molecular formula is C24H31FN10O9P2S2. The van der Waals surface area contributed by atoms with Crippen molar-refractivity contribution >= 4 is 71.7 Å². The number of nitrogen functional groups attached to an aromatic ring is 1. The number of nitrogens with two attached hydrogens (primary N) is 1. The third-order valence-corrected chi connectivity index (χ3v) is 11.1. The number of thiol groups is 1. The molecule has 0 aliphatic carbocycles. The van der Waals surface area contributed by atoms with E-state index >= 15 is 4.39 Å². The molecule has 3 aliphatic rings. The smallest absolute Gasteiger partial charge is 0.382 e. The zero-order chi connectivity index (χ0) is 34.0. The van der Waals surface area contributed by atoms with E-state index in [1.165, 1.54) is 28.1 Å². The summed E-state index contributed by atoms with van der Waals surface area (Å²) < 4.78 is 67.1. The van der Waals surface area contributed by atoms with Crippen molar-refractivity contribution in [3.8, 4) is 0 Å². The summed E-state index contributed by atoms with van der Waals surface area (Å²) in [5.41, 5.74) is 6.12. The lowest BCUT2D eigenvalue weighted by Gasteiger charge is -2.28. The molecule has 3 fully saturated rings. The molecule has 0 spiro atoms. The van der Waals surface area contributed by atoms with E-state index in [1.807, 2.05) is 13.8 Å². The van der Waals surface area contributed by atoms with Crippen molar-refractivity contribution in [1.29, 1.82) is 0 Å². The second-order valence-electron chi connectivity index (χ2n) is 11.7. The first kappa shape index (κ1) is 33.9. The van der Waals surface area contributed by atoms with Gasteiger partial charge in [-0.2, -0.15) is 4.98 Å². The van der Waals surface area contributed by atoms with Gasteiger partial charge in [-0.25, -0.2) is 28.9 Å². The van der Waals surface area contributed by atoms with Gasteiger partial charge in [-0.15, -0.1) is 0 Å². The van der Waals surface area contributed by atoms with Gasteiger partial charge in [0, 0.05) is 13.0 Å². The van der Waals surface area contributed by atoms with Crippen LogP contribution in [-0.2, 0) is 43.9 Å². The van der Waals surface area contributed by atoms with Gasteiger partial charge in [0.15, 0.2) is 35.0 Å². The second-order valence-corrected chi connectivity index (χ2v) is 17.4. The van der Waals surface area contributed by atoms with Crippen LogP contribution in [0.3, 0.4) is 0 Å². The van der Waals surface area contributed by atoms with Crippen molar-refractivity contribution in [2.45, 2.75) is 63.3 Å². The molecule has 260 valence electrons. The summed E-state index contributed by atoms with van der Waals surface area (Å²) in [7, 11) is 0. The third-order valence-electron chi connectivity index (χ3n) is 7.86. The van der Waals surface area contributed by atoms with E-state index in [4.69, 9.17) is 45.1 Å². The molecule has 48 heavy (non-hydrogen) atoms. The molecule has 0 saturated carbocycles. The van der Waals surface area contributed by atoms with Crippen LogP contribution in [0, 0.1) is 5.92 Å². The monoisotopic (exact) mass is 748 g/mol. The van der Waals surface area contributed by atoms with E-state index in [9.17, 15) is 14.3 Å². The average molecular weight is 749 g/mol. The van der Waals surface area contributed by atoms with E-state index in [0.717, 1.165) is 0 Å². The Bertz CT molecular complexity index is 2000. The molecule has 4 aromatic heterocycles. The van der Waals surface area contributed by atoms with Crippen molar-refractivity contribution < 1.29 is 41.4 Å². The lowest BCUT2D eigenvalue weighted by molar-refractivity contribution is -0.0561. The van der Waals surface area contributed by atoms with Crippen LogP contribution in [0.1, 0.15) is 32.7 Å². The number of hydrogen-bond donors (Lipinski definition) is 5. The molecule has 0 amide bonds. The Balaban J connectivity index is 1.13. The third kappa shape index (κ3) is 6.63. The normalized spacial score (nSPS) is 34.6. The maximum Gasteiger partial charge on any atom is 0.386 e. The summed E-state index contributed by atoms with van der Waals surface area (Å²) in [6, 6.07) is 0. The fourth-order valence-electron chi connectivity index (χ4n) is 5.61. The molecule has 9 atom stereocenters. The molecular weight excluding hydrogens is 717 g/mol. The zero-order valence-electron chi connectivity index (χ0n) is 25.2. The number of halogens is 1. The molecule has 2 unspecified atom stereocenters. The number of anilines is 2. The Hall–Kier alpha value is -2.62. The van der Waals surface area contributed by atoms with Gasteiger partial charge in [0.2, 0.25) is 5.95 Å². The minimum atomic E-state index is -4.29. The predicted molar refractivity (Wildman–Crippen MR) is 173 cm³/mol. The fraction of sp³-hybridized carbons (Fsp3) is 0.583. The van der Waals surface area contributed by atoms with Crippen LogP contribution in [0.5, 0.6) is 0 Å². The van der Waals surface area contributed by atoms with Crippen LogP contribution in [0.25, 0.3) is 22.3 Å². The van der Waals surface area contributed by atoms with Gasteiger partial charge in [-0.1, -0.05) is 26.1 Å². The largest absolute Gasteiger partial charge is 0.386 e. The number of alkyl halides is 1. The molecule has 5 N–H and O–H groups in total. The molecule has 3 saturated heterocycles. The Morgan fingerprint density at radius 1 is 1.10 bits per heavy atom. The molecule has 0 aromatic carbocycles. The molecule has 19 nitrogen and oxygen atoms in total. The van der Waals surface area contributed by atoms with Crippen LogP contribution >= 0.6 is 25.8 Å². The summed E-state index contributed by atoms with van der Waals surface area (Å²) >= 11 is 9.40. The van der Waals surface area contributed by atoms with E-state index in [2.05, 4.69) is 47.5 Å². The van der Waals surface area contributed by atoms with Gasteiger partial charge in [-0.05, 0) is 17.7 Å². The summed E-state index contributed by atoms with van der Waals surface area (Å²) in [6.07, 6.45) is -5.04. The van der Waals surface area contributed by atoms with Crippen molar-refractivity contribution in [1.82, 2.24) is 39.0 Å². The highest BCUT2D eigenvalue weighted by Crippen LogP contribution is 2.58. The van der Waals surface area contributed by atoms with Crippen molar-refractivity contribution in [3.63, 3.8) is 0 Å². The Morgan fingerprint density at radius 2 is 1.85 bits per heavy atom. The Labute approximate surface area is 281 Å². The van der Waals surface area contributed by atoms with Gasteiger partial charge < -0.3 is 34.5 Å². The van der Waals surface area contributed by atoms with E-state index in [1.54, 1.807) is 0 Å². The molecule has 7 rings (SSSR count). The number of aromatic amines is 1. The number of H-pyrrole nitrogens is 1. The number of aromatic nitrogens is 8. The summed E-state index contributed by atoms with van der Waals surface area (Å²) in [5.74, 6) is 0.613. The first-order chi connectivity index (χ1) is 22.8. The lowest BCUT2D eigenvalue weighted by Crippen LogP contribution is -2.35. The molecule has 0 radical (unpaired) electrons. The molecule has 0 bridgehead atoms.